The number of rotatable bonds is 4. The van der Waals surface area contributed by atoms with Crippen LogP contribution in [0.1, 0.15) is 25.3 Å². The van der Waals surface area contributed by atoms with Crippen molar-refractivity contribution in [3.63, 3.8) is 0 Å². The van der Waals surface area contributed by atoms with E-state index < -0.39 is 16.4 Å². The number of nitrogens with zero attached hydrogens (tertiary/aromatic N) is 1. The standard InChI is InChI=1S/C10H11Cl2NO3/c1-2-3-4-6-7(11)5-8(13(15)16)10(14)9(6)12/h5,14H,2-4H2,1H3. The summed E-state index contributed by atoms with van der Waals surface area (Å²) in [5, 5.41) is 20.3. The van der Waals surface area contributed by atoms with Crippen molar-refractivity contribution in [1.82, 2.24) is 0 Å². The lowest BCUT2D eigenvalue weighted by molar-refractivity contribution is -0.385. The Bertz CT molecular complexity index is 421. The Morgan fingerprint density at radius 2 is 2.12 bits per heavy atom. The molecule has 6 heteroatoms. The molecule has 0 saturated heterocycles. The van der Waals surface area contributed by atoms with Crippen molar-refractivity contribution in [2.75, 3.05) is 0 Å². The van der Waals surface area contributed by atoms with Crippen LogP contribution in [-0.4, -0.2) is 10.0 Å². The highest BCUT2D eigenvalue weighted by Gasteiger charge is 2.22. The molecular formula is C10H11Cl2NO3. The van der Waals surface area contributed by atoms with Crippen molar-refractivity contribution in [2.24, 2.45) is 0 Å². The van der Waals surface area contributed by atoms with Crippen LogP contribution in [0.15, 0.2) is 6.07 Å². The first-order chi connectivity index (χ1) is 7.49. The third-order valence-electron chi connectivity index (χ3n) is 2.24. The molecule has 0 heterocycles. The zero-order chi connectivity index (χ0) is 12.3. The summed E-state index contributed by atoms with van der Waals surface area (Å²) in [5.74, 6) is -0.512. The van der Waals surface area contributed by atoms with Gasteiger partial charge in [-0.25, -0.2) is 0 Å². The molecule has 0 aliphatic carbocycles. The summed E-state index contributed by atoms with van der Waals surface area (Å²) in [7, 11) is 0. The quantitative estimate of drug-likeness (QED) is 0.661. The largest absolute Gasteiger partial charge is 0.501 e. The van der Waals surface area contributed by atoms with Crippen LogP contribution in [0.2, 0.25) is 10.0 Å². The Morgan fingerprint density at radius 3 is 2.62 bits per heavy atom. The molecule has 88 valence electrons. The molecular weight excluding hydrogens is 253 g/mol. The van der Waals surface area contributed by atoms with Gasteiger partial charge in [-0.1, -0.05) is 36.5 Å². The van der Waals surface area contributed by atoms with E-state index in [1.54, 1.807) is 0 Å². The Hall–Kier alpha value is -1.00. The maximum absolute atomic E-state index is 10.6. The van der Waals surface area contributed by atoms with Gasteiger partial charge in [0.15, 0.2) is 0 Å². The molecule has 0 aliphatic rings. The van der Waals surface area contributed by atoms with Gasteiger partial charge in [0.1, 0.15) is 0 Å². The molecule has 0 radical (unpaired) electrons. The first kappa shape index (κ1) is 13.1. The summed E-state index contributed by atoms with van der Waals surface area (Å²) < 4.78 is 0. The summed E-state index contributed by atoms with van der Waals surface area (Å²) in [6.45, 7) is 2.01. The average Bonchev–Trinajstić information content (AvgIpc) is 2.23. The van der Waals surface area contributed by atoms with Gasteiger partial charge in [0, 0.05) is 6.07 Å². The highest BCUT2D eigenvalue weighted by Crippen LogP contribution is 2.40. The number of aromatic hydroxyl groups is 1. The number of phenols is 1. The zero-order valence-corrected chi connectivity index (χ0v) is 10.2. The fourth-order valence-electron chi connectivity index (χ4n) is 1.36. The molecule has 0 unspecified atom stereocenters. The lowest BCUT2D eigenvalue weighted by Gasteiger charge is -2.08. The molecule has 16 heavy (non-hydrogen) atoms. The van der Waals surface area contributed by atoms with E-state index in [2.05, 4.69) is 0 Å². The summed E-state index contributed by atoms with van der Waals surface area (Å²) in [6.07, 6.45) is 2.40. The normalized spacial score (nSPS) is 10.4. The Morgan fingerprint density at radius 1 is 1.50 bits per heavy atom. The van der Waals surface area contributed by atoms with Crippen LogP contribution in [0, 0.1) is 10.1 Å². The first-order valence-corrected chi connectivity index (χ1v) is 5.58. The minimum absolute atomic E-state index is 0.0207. The maximum atomic E-state index is 10.6. The Labute approximate surface area is 103 Å². The van der Waals surface area contributed by atoms with Gasteiger partial charge in [-0.05, 0) is 18.4 Å². The molecule has 4 nitrogen and oxygen atoms in total. The third-order valence-corrected chi connectivity index (χ3v) is 2.99. The molecule has 1 aromatic rings. The second kappa shape index (κ2) is 5.37. The molecule has 0 spiro atoms. The minimum atomic E-state index is -0.712. The van der Waals surface area contributed by atoms with E-state index in [4.69, 9.17) is 23.2 Å². The van der Waals surface area contributed by atoms with Crippen molar-refractivity contribution in [2.45, 2.75) is 26.2 Å². The number of hydrogen-bond donors (Lipinski definition) is 1. The predicted molar refractivity (Wildman–Crippen MR) is 63.4 cm³/mol. The summed E-state index contributed by atoms with van der Waals surface area (Å²) in [6, 6.07) is 1.13. The number of nitro benzene ring substituents is 1. The fourth-order valence-corrected chi connectivity index (χ4v) is 1.99. The minimum Gasteiger partial charge on any atom is -0.501 e. The second-order valence-electron chi connectivity index (χ2n) is 3.38. The topological polar surface area (TPSA) is 63.4 Å². The second-order valence-corrected chi connectivity index (χ2v) is 4.16. The number of halogens is 2. The number of unbranched alkanes of at least 4 members (excludes halogenated alkanes) is 1. The highest BCUT2D eigenvalue weighted by atomic mass is 35.5. The first-order valence-electron chi connectivity index (χ1n) is 4.83. The molecule has 0 aliphatic heterocycles. The van der Waals surface area contributed by atoms with E-state index in [0.717, 1.165) is 18.9 Å². The smallest absolute Gasteiger partial charge is 0.313 e. The van der Waals surface area contributed by atoms with Gasteiger partial charge >= 0.3 is 5.69 Å². The predicted octanol–water partition coefficient (Wildman–Crippen LogP) is 3.95. The van der Waals surface area contributed by atoms with Gasteiger partial charge in [-0.3, -0.25) is 10.1 Å². The van der Waals surface area contributed by atoms with Crippen LogP contribution in [-0.2, 0) is 6.42 Å². The molecule has 0 amide bonds. The number of benzene rings is 1. The van der Waals surface area contributed by atoms with E-state index in [9.17, 15) is 15.2 Å². The van der Waals surface area contributed by atoms with Gasteiger partial charge < -0.3 is 5.11 Å². The monoisotopic (exact) mass is 263 g/mol. The number of nitro groups is 1. The van der Waals surface area contributed by atoms with Crippen molar-refractivity contribution in [1.29, 1.82) is 0 Å². The molecule has 0 fully saturated rings. The van der Waals surface area contributed by atoms with Gasteiger partial charge in [-0.2, -0.15) is 0 Å². The van der Waals surface area contributed by atoms with Gasteiger partial charge in [0.05, 0.1) is 15.0 Å². The highest BCUT2D eigenvalue weighted by molar-refractivity contribution is 6.37. The number of hydrogen-bond acceptors (Lipinski definition) is 3. The van der Waals surface area contributed by atoms with E-state index in [1.165, 1.54) is 0 Å². The summed E-state index contributed by atoms with van der Waals surface area (Å²) >= 11 is 11.7. The third kappa shape index (κ3) is 2.57. The molecule has 0 bridgehead atoms. The van der Waals surface area contributed by atoms with E-state index in [0.29, 0.717) is 12.0 Å². The van der Waals surface area contributed by atoms with E-state index >= 15 is 0 Å². The maximum Gasteiger partial charge on any atom is 0.313 e. The van der Waals surface area contributed by atoms with Crippen molar-refractivity contribution in [3.05, 3.63) is 31.8 Å². The molecule has 0 atom stereocenters. The van der Waals surface area contributed by atoms with Crippen molar-refractivity contribution < 1.29 is 10.0 Å². The van der Waals surface area contributed by atoms with Crippen molar-refractivity contribution >= 4 is 28.9 Å². The SMILES string of the molecule is CCCCc1c(Cl)cc([N+](=O)[O-])c(O)c1Cl. The lowest BCUT2D eigenvalue weighted by Crippen LogP contribution is -1.94. The van der Waals surface area contributed by atoms with Crippen LogP contribution in [0.3, 0.4) is 0 Å². The molecule has 1 aromatic carbocycles. The van der Waals surface area contributed by atoms with Gasteiger partial charge in [-0.15, -0.1) is 0 Å². The Balaban J connectivity index is 3.23. The fraction of sp³-hybridized carbons (Fsp3) is 0.400. The van der Waals surface area contributed by atoms with Crippen LogP contribution >= 0.6 is 23.2 Å². The summed E-state index contributed by atoms with van der Waals surface area (Å²) in [4.78, 5) is 9.87. The van der Waals surface area contributed by atoms with Gasteiger partial charge in [0.2, 0.25) is 5.75 Å². The molecule has 1 N–H and O–H groups in total. The van der Waals surface area contributed by atoms with Crippen LogP contribution in [0.5, 0.6) is 5.75 Å². The molecule has 0 saturated carbocycles. The van der Waals surface area contributed by atoms with Gasteiger partial charge in [0.25, 0.3) is 0 Å². The van der Waals surface area contributed by atoms with Crippen LogP contribution < -0.4 is 0 Å². The van der Waals surface area contributed by atoms with E-state index in [1.807, 2.05) is 6.92 Å². The number of phenolic OH excluding ortho intramolecular Hbond substituents is 1. The van der Waals surface area contributed by atoms with Crippen LogP contribution in [0.4, 0.5) is 5.69 Å². The van der Waals surface area contributed by atoms with E-state index in [-0.39, 0.29) is 10.0 Å². The molecule has 1 rings (SSSR count). The zero-order valence-electron chi connectivity index (χ0n) is 8.67. The molecule has 0 aromatic heterocycles. The average molecular weight is 264 g/mol. The lowest BCUT2D eigenvalue weighted by atomic mass is 10.1. The van der Waals surface area contributed by atoms with Crippen molar-refractivity contribution in [3.8, 4) is 5.75 Å². The van der Waals surface area contributed by atoms with Crippen LogP contribution in [0.25, 0.3) is 0 Å². The summed E-state index contributed by atoms with van der Waals surface area (Å²) in [5.41, 5.74) is 0.100. The Kier molecular flexibility index (Phi) is 4.38.